The summed E-state index contributed by atoms with van der Waals surface area (Å²) in [6.07, 6.45) is 4.45. The van der Waals surface area contributed by atoms with Crippen LogP contribution in [0.4, 0.5) is 0 Å². The molecule has 0 aromatic rings. The van der Waals surface area contributed by atoms with Gasteiger partial charge >= 0.3 is 0 Å². The fourth-order valence-electron chi connectivity index (χ4n) is 12.1. The first-order chi connectivity index (χ1) is 45.3. The van der Waals surface area contributed by atoms with E-state index in [2.05, 4.69) is 40.4 Å². The summed E-state index contributed by atoms with van der Waals surface area (Å²) in [4.78, 5) is 173. The zero-order valence-electron chi connectivity index (χ0n) is 64.7. The molecule has 1 aliphatic heterocycles. The first-order valence-corrected chi connectivity index (χ1v) is 36.9. The van der Waals surface area contributed by atoms with Crippen molar-refractivity contribution >= 4 is 76.7 Å². The molecule has 7 N–H and O–H groups in total. The molecular formula is C72H132N12O13S. The van der Waals surface area contributed by atoms with E-state index >= 15 is 33.6 Å². The van der Waals surface area contributed by atoms with E-state index in [1.807, 2.05) is 47.6 Å². The highest BCUT2D eigenvalue weighted by Gasteiger charge is 2.47. The number of unbranched alkanes of at least 4 members (excludes halogenated alkanes) is 1. The number of carbonyl (C=O) groups excluding carboxylic acids is 11. The predicted octanol–water partition coefficient (Wildman–Crippen LogP) is 4.90. The van der Waals surface area contributed by atoms with Crippen LogP contribution in [0.3, 0.4) is 0 Å². The molecule has 1 saturated heterocycles. The number of likely N-dealkylation sites (N-methyl/N-ethyl adjacent to an activating group) is 7. The van der Waals surface area contributed by atoms with Gasteiger partial charge in [-0.1, -0.05) is 109 Å². The van der Waals surface area contributed by atoms with E-state index in [0.717, 1.165) is 35.7 Å². The lowest BCUT2D eigenvalue weighted by molar-refractivity contribution is -0.157. The highest BCUT2D eigenvalue weighted by molar-refractivity contribution is 7.99. The Kier molecular flexibility index (Phi) is 39.0. The second kappa shape index (κ2) is 42.4. The third-order valence-electron chi connectivity index (χ3n) is 18.4. The Labute approximate surface area is 593 Å². The highest BCUT2D eigenvalue weighted by Crippen LogP contribution is 2.27. The summed E-state index contributed by atoms with van der Waals surface area (Å²) >= 11 is 1.41. The van der Waals surface area contributed by atoms with E-state index in [0.29, 0.717) is 18.1 Å². The van der Waals surface area contributed by atoms with Crippen LogP contribution in [0.25, 0.3) is 0 Å². The van der Waals surface area contributed by atoms with E-state index < -0.39 is 161 Å². The fourth-order valence-corrected chi connectivity index (χ4v) is 13.3. The summed E-state index contributed by atoms with van der Waals surface area (Å²) in [5, 5.41) is 38.4. The van der Waals surface area contributed by atoms with E-state index in [4.69, 9.17) is 0 Å². The molecule has 0 aromatic heterocycles. The second-order valence-corrected chi connectivity index (χ2v) is 31.6. The number of allylic oxidation sites excluding steroid dienone is 2. The zero-order chi connectivity index (χ0) is 75.7. The van der Waals surface area contributed by atoms with Crippen LogP contribution < -0.4 is 26.6 Å². The second-order valence-electron chi connectivity index (χ2n) is 30.4. The molecule has 0 aromatic carbocycles. The van der Waals surface area contributed by atoms with Gasteiger partial charge in [-0.3, -0.25) is 52.7 Å². The van der Waals surface area contributed by atoms with Gasteiger partial charge < -0.3 is 71.1 Å². The van der Waals surface area contributed by atoms with E-state index in [9.17, 15) is 29.4 Å². The van der Waals surface area contributed by atoms with Crippen molar-refractivity contribution < 1.29 is 63.0 Å². The number of aliphatic hydroxyl groups excluding tert-OH is 1. The normalized spacial score (nSPS) is 25.9. The summed E-state index contributed by atoms with van der Waals surface area (Å²) in [7, 11) is 9.93. The predicted molar refractivity (Wildman–Crippen MR) is 388 cm³/mol. The molecule has 1 heterocycles. The number of hydrogen-bond donors (Lipinski definition) is 7. The molecule has 0 aliphatic carbocycles. The summed E-state index contributed by atoms with van der Waals surface area (Å²) < 4.78 is 0. The minimum Gasteiger partial charge on any atom is -0.390 e. The zero-order valence-corrected chi connectivity index (χ0v) is 65.6. The average Bonchev–Trinajstić information content (AvgIpc) is 0.805. The van der Waals surface area contributed by atoms with Gasteiger partial charge in [0.1, 0.15) is 66.5 Å². The Morgan fingerprint density at radius 2 is 1.00 bits per heavy atom. The lowest BCUT2D eigenvalue weighted by atomic mass is 9.91. The molecule has 1 fully saturated rings. The van der Waals surface area contributed by atoms with Crippen LogP contribution in [0, 0.1) is 41.4 Å². The fraction of sp³-hybridized carbons (Fsp3) is 0.819. The number of aliphatic hydroxyl groups is 2. The van der Waals surface area contributed by atoms with Crippen molar-refractivity contribution in [3.63, 3.8) is 0 Å². The van der Waals surface area contributed by atoms with Gasteiger partial charge in [-0.25, -0.2) is 0 Å². The molecular weight excluding hydrogens is 1270 g/mol. The molecule has 1 aliphatic rings. The Morgan fingerprint density at radius 3 is 1.49 bits per heavy atom. The van der Waals surface area contributed by atoms with E-state index in [-0.39, 0.29) is 62.0 Å². The van der Waals surface area contributed by atoms with E-state index in [1.165, 1.54) is 113 Å². The maximum atomic E-state index is 15.4. The van der Waals surface area contributed by atoms with Gasteiger partial charge in [0.15, 0.2) is 0 Å². The van der Waals surface area contributed by atoms with Crippen molar-refractivity contribution in [1.82, 2.24) is 60.9 Å². The molecule has 564 valence electrons. The van der Waals surface area contributed by atoms with Crippen molar-refractivity contribution in [2.75, 3.05) is 73.9 Å². The Morgan fingerprint density at radius 1 is 0.520 bits per heavy atom. The lowest BCUT2D eigenvalue weighted by Crippen LogP contribution is -2.64. The third kappa shape index (κ3) is 27.6. The molecule has 0 unspecified atom stereocenters. The van der Waals surface area contributed by atoms with Crippen LogP contribution in [0.5, 0.6) is 0 Å². The van der Waals surface area contributed by atoms with Crippen LogP contribution in [-0.4, -0.2) is 262 Å². The quantitative estimate of drug-likeness (QED) is 0.0472. The van der Waals surface area contributed by atoms with Gasteiger partial charge in [0.2, 0.25) is 65.0 Å². The first-order valence-electron chi connectivity index (χ1n) is 35.7. The van der Waals surface area contributed by atoms with Gasteiger partial charge in [-0.05, 0) is 146 Å². The number of thioether (sulfide) groups is 1. The molecule has 0 radical (unpaired) electrons. The smallest absolute Gasteiger partial charge is 0.246 e. The minimum atomic E-state index is -1.66. The Bertz CT molecular complexity index is 2630. The molecule has 13 atom stereocenters. The Hall–Kier alpha value is -5.86. The SMILES string of the molecule is C/C=C/C[C@@H](C)[C@@H](O)[C@H]1C(=O)N[C@H](CC)C(=O)N(C)[C@H](CSCCCCNCC(C)C)C(=O)N(C)[C@@H](CC(C)(C)O)C(=O)N[C@H](C(C)C)C(=O)N(C)[C@H](CCC(C)C)C(=O)N[C@H](C)C(=O)N[C@@H](C)C(=O)N(C)[C@@H](CC(C)C)C(=O)N(C)[C@H](CC(C)C)C(=O)N(C)[C@H](C(C)C)C(=O)N1C. The van der Waals surface area contributed by atoms with Gasteiger partial charge in [0, 0.05) is 61.5 Å². The number of nitrogens with zero attached hydrogens (tertiary/aromatic N) is 7. The molecule has 0 bridgehead atoms. The van der Waals surface area contributed by atoms with Crippen LogP contribution in [0.2, 0.25) is 0 Å². The average molecular weight is 1410 g/mol. The summed E-state index contributed by atoms with van der Waals surface area (Å²) in [6.45, 7) is 35.1. The van der Waals surface area contributed by atoms with Crippen LogP contribution in [0.15, 0.2) is 12.2 Å². The first kappa shape index (κ1) is 90.2. The van der Waals surface area contributed by atoms with Crippen LogP contribution in [0.1, 0.15) is 189 Å². The van der Waals surface area contributed by atoms with Gasteiger partial charge in [0.25, 0.3) is 0 Å². The topological polar surface area (TPSA) is 311 Å². The van der Waals surface area contributed by atoms with E-state index in [1.54, 1.807) is 54.5 Å². The number of nitrogens with one attached hydrogen (secondary N) is 5. The Balaban J connectivity index is 4.57. The molecule has 26 heteroatoms. The molecule has 1 rings (SSSR count). The van der Waals surface area contributed by atoms with Crippen molar-refractivity contribution in [3.8, 4) is 0 Å². The van der Waals surface area contributed by atoms with Gasteiger partial charge in [-0.15, -0.1) is 0 Å². The van der Waals surface area contributed by atoms with Crippen LogP contribution in [-0.2, 0) is 52.7 Å². The number of hydrogen-bond acceptors (Lipinski definition) is 15. The molecule has 0 spiro atoms. The summed E-state index contributed by atoms with van der Waals surface area (Å²) in [5.74, 6) is -8.89. The standard InChI is InChI=1S/C72H132N12O13S/c1-27-29-32-48(15)60(85)59-64(89)76-51(28-2)66(91)82(24)56(41-98-36-31-30-35-73-40-45(9)10)69(94)81(23)55(39-72(18,19)97)63(88)77-57(46(11)12)70(95)78(20)52(34-33-42(3)4)62(87)74-49(16)61(86)75-50(17)65(90)79(21)53(37-43(5)6)67(92)80(22)54(38-44(7)8)68(93)83(25)58(47(13)14)71(96)84(59)26/h27,29,42-60,73,85,97H,28,30-41H2,1-26H3,(H,74,87)(H,75,86)(H,76,89)(H,77,88)/b29-27+/t48-,49-,50+,51-,52-,53+,54-,55+,56-,57-,58-,59+,60-/m1/s1. The molecule has 98 heavy (non-hydrogen) atoms. The van der Waals surface area contributed by atoms with Crippen molar-refractivity contribution in [2.24, 2.45) is 41.4 Å². The van der Waals surface area contributed by atoms with Gasteiger partial charge in [-0.2, -0.15) is 11.8 Å². The number of amides is 11. The number of carbonyl (C=O) groups is 11. The maximum absolute atomic E-state index is 15.4. The van der Waals surface area contributed by atoms with Crippen molar-refractivity contribution in [2.45, 2.75) is 268 Å². The lowest BCUT2D eigenvalue weighted by Gasteiger charge is -2.41. The summed E-state index contributed by atoms with van der Waals surface area (Å²) in [5.41, 5.74) is -1.58. The van der Waals surface area contributed by atoms with Crippen molar-refractivity contribution in [3.05, 3.63) is 12.2 Å². The number of rotatable bonds is 25. The van der Waals surface area contributed by atoms with Crippen LogP contribution >= 0.6 is 11.8 Å². The highest BCUT2D eigenvalue weighted by atomic mass is 32.2. The maximum Gasteiger partial charge on any atom is 0.246 e. The molecule has 0 saturated carbocycles. The molecule has 11 amide bonds. The van der Waals surface area contributed by atoms with Crippen molar-refractivity contribution in [1.29, 1.82) is 0 Å². The molecule has 25 nitrogen and oxygen atoms in total. The minimum absolute atomic E-state index is 0.0239. The van der Waals surface area contributed by atoms with Gasteiger partial charge in [0.05, 0.1) is 11.7 Å². The largest absolute Gasteiger partial charge is 0.390 e. The summed E-state index contributed by atoms with van der Waals surface area (Å²) in [6, 6.07) is -14.4. The monoisotopic (exact) mass is 1400 g/mol. The third-order valence-corrected chi connectivity index (χ3v) is 19.6.